The number of hydrogen-bond donors (Lipinski definition) is 2. The molecular weight excluding hydrogens is 368 g/mol. The van der Waals surface area contributed by atoms with Crippen molar-refractivity contribution < 1.29 is 14.3 Å². The fourth-order valence-electron chi connectivity index (χ4n) is 2.85. The number of carbonyl (C=O) groups excluding carboxylic acids is 2. The molecule has 0 fully saturated rings. The van der Waals surface area contributed by atoms with Crippen molar-refractivity contribution >= 4 is 23.2 Å². The summed E-state index contributed by atoms with van der Waals surface area (Å²) in [5.74, 6) is 0.183. The van der Waals surface area contributed by atoms with Crippen molar-refractivity contribution in [3.05, 3.63) is 53.6 Å². The summed E-state index contributed by atoms with van der Waals surface area (Å²) < 4.78 is 5.17. The molecule has 156 valence electrons. The molecule has 0 saturated carbocycles. The second-order valence-electron chi connectivity index (χ2n) is 7.23. The number of nitrogens with one attached hydrogen (secondary N) is 2. The van der Waals surface area contributed by atoms with E-state index in [1.807, 2.05) is 39.2 Å². The fraction of sp³-hybridized carbons (Fsp3) is 0.364. The number of hydrogen-bond acceptors (Lipinski definition) is 5. The molecule has 2 aromatic rings. The molecule has 0 aliphatic carbocycles. The summed E-state index contributed by atoms with van der Waals surface area (Å²) in [6.07, 6.45) is 0.863. The predicted molar refractivity (Wildman–Crippen MR) is 117 cm³/mol. The van der Waals surface area contributed by atoms with Crippen molar-refractivity contribution in [2.45, 2.75) is 6.42 Å². The van der Waals surface area contributed by atoms with Crippen LogP contribution in [0.5, 0.6) is 5.75 Å². The molecule has 7 nitrogen and oxygen atoms in total. The summed E-state index contributed by atoms with van der Waals surface area (Å²) in [5, 5.41) is 5.81. The third-order valence-electron chi connectivity index (χ3n) is 4.38. The second-order valence-corrected chi connectivity index (χ2v) is 7.23. The molecule has 2 aromatic carbocycles. The first-order valence-electron chi connectivity index (χ1n) is 9.51. The van der Waals surface area contributed by atoms with Crippen molar-refractivity contribution in [2.75, 3.05) is 58.6 Å². The molecule has 0 atom stereocenters. The molecule has 0 aromatic heterocycles. The van der Waals surface area contributed by atoms with Gasteiger partial charge in [0.05, 0.1) is 12.7 Å². The van der Waals surface area contributed by atoms with Gasteiger partial charge in [0.25, 0.3) is 11.8 Å². The van der Waals surface area contributed by atoms with Crippen molar-refractivity contribution in [1.29, 1.82) is 0 Å². The maximum absolute atomic E-state index is 12.7. The lowest BCUT2D eigenvalue weighted by Gasteiger charge is -2.19. The van der Waals surface area contributed by atoms with Gasteiger partial charge in [0.15, 0.2) is 0 Å². The molecule has 0 saturated heterocycles. The van der Waals surface area contributed by atoms with Crippen LogP contribution in [0.25, 0.3) is 0 Å². The number of nitrogens with zero attached hydrogens (tertiary/aromatic N) is 2. The minimum absolute atomic E-state index is 0.162. The Bertz CT molecular complexity index is 850. The summed E-state index contributed by atoms with van der Waals surface area (Å²) >= 11 is 0. The summed E-state index contributed by atoms with van der Waals surface area (Å²) in [5.41, 5.74) is 2.34. The van der Waals surface area contributed by atoms with E-state index in [-0.39, 0.29) is 11.8 Å². The smallest absolute Gasteiger partial charge is 0.255 e. The van der Waals surface area contributed by atoms with Gasteiger partial charge in [-0.2, -0.15) is 0 Å². The number of amides is 2. The van der Waals surface area contributed by atoms with Gasteiger partial charge in [-0.1, -0.05) is 6.07 Å². The Morgan fingerprint density at radius 2 is 1.76 bits per heavy atom. The Kier molecular flexibility index (Phi) is 8.03. The molecule has 0 bridgehead atoms. The first-order chi connectivity index (χ1) is 13.8. The molecule has 0 spiro atoms. The zero-order chi connectivity index (χ0) is 21.4. The highest BCUT2D eigenvalue weighted by atomic mass is 16.5. The molecule has 0 aliphatic rings. The Hall–Kier alpha value is -3.06. The largest absolute Gasteiger partial charge is 0.497 e. The Morgan fingerprint density at radius 1 is 1.00 bits per heavy atom. The zero-order valence-electron chi connectivity index (χ0n) is 17.8. The van der Waals surface area contributed by atoms with Crippen LogP contribution in [0.3, 0.4) is 0 Å². The third-order valence-corrected chi connectivity index (χ3v) is 4.38. The number of rotatable bonds is 9. The van der Waals surface area contributed by atoms with Crippen molar-refractivity contribution in [3.63, 3.8) is 0 Å². The number of ether oxygens (including phenoxy) is 1. The second kappa shape index (κ2) is 10.5. The average Bonchev–Trinajstić information content (AvgIpc) is 2.70. The Morgan fingerprint density at radius 3 is 2.41 bits per heavy atom. The Labute approximate surface area is 172 Å². The fourth-order valence-corrected chi connectivity index (χ4v) is 2.85. The highest BCUT2D eigenvalue weighted by Crippen LogP contribution is 2.24. The van der Waals surface area contributed by atoms with E-state index in [9.17, 15) is 9.59 Å². The van der Waals surface area contributed by atoms with Crippen LogP contribution in [0.1, 0.15) is 27.1 Å². The maximum atomic E-state index is 12.7. The van der Waals surface area contributed by atoms with Crippen LogP contribution < -0.4 is 20.3 Å². The van der Waals surface area contributed by atoms with Crippen molar-refractivity contribution in [1.82, 2.24) is 10.2 Å². The zero-order valence-corrected chi connectivity index (χ0v) is 17.8. The lowest BCUT2D eigenvalue weighted by atomic mass is 10.1. The normalized spacial score (nSPS) is 10.6. The highest BCUT2D eigenvalue weighted by molar-refractivity contribution is 6.06. The molecule has 2 N–H and O–H groups in total. The lowest BCUT2D eigenvalue weighted by Crippen LogP contribution is -2.28. The average molecular weight is 399 g/mol. The SMILES string of the molecule is COc1cccc(C(=O)Nc2ccc(N(C)C)c(C(=O)NCCCN(C)C)c2)c1. The summed E-state index contributed by atoms with van der Waals surface area (Å²) in [6, 6.07) is 12.2. The summed E-state index contributed by atoms with van der Waals surface area (Å²) in [4.78, 5) is 29.3. The van der Waals surface area contributed by atoms with E-state index in [4.69, 9.17) is 4.74 Å². The van der Waals surface area contributed by atoms with Crippen molar-refractivity contribution in [2.24, 2.45) is 0 Å². The van der Waals surface area contributed by atoms with Crippen LogP contribution >= 0.6 is 0 Å². The van der Waals surface area contributed by atoms with E-state index in [2.05, 4.69) is 15.5 Å². The first kappa shape index (κ1) is 22.2. The van der Waals surface area contributed by atoms with Crippen LogP contribution in [0.15, 0.2) is 42.5 Å². The minimum atomic E-state index is -0.265. The molecule has 0 heterocycles. The number of benzene rings is 2. The molecular formula is C22H30N4O3. The van der Waals surface area contributed by atoms with Gasteiger partial charge >= 0.3 is 0 Å². The third kappa shape index (κ3) is 6.50. The van der Waals surface area contributed by atoms with E-state index in [0.717, 1.165) is 18.7 Å². The summed E-state index contributed by atoms with van der Waals surface area (Å²) in [6.45, 7) is 1.49. The molecule has 0 aliphatic heterocycles. The van der Waals surface area contributed by atoms with Crippen LogP contribution in [0.2, 0.25) is 0 Å². The standard InChI is InChI=1S/C22H30N4O3/c1-25(2)13-7-12-23-22(28)19-15-17(10-11-20(19)26(3)4)24-21(27)16-8-6-9-18(14-16)29-5/h6,8-11,14-15H,7,12-13H2,1-5H3,(H,23,28)(H,24,27). The van der Waals surface area contributed by atoms with E-state index < -0.39 is 0 Å². The quantitative estimate of drug-likeness (QED) is 0.636. The number of carbonyl (C=O) groups is 2. The maximum Gasteiger partial charge on any atom is 0.255 e. The van der Waals surface area contributed by atoms with E-state index >= 15 is 0 Å². The van der Waals surface area contributed by atoms with E-state index in [1.165, 1.54) is 0 Å². The molecule has 0 unspecified atom stereocenters. The Balaban J connectivity index is 2.16. The molecule has 2 rings (SSSR count). The molecule has 29 heavy (non-hydrogen) atoms. The van der Waals surface area contributed by atoms with E-state index in [0.29, 0.717) is 29.1 Å². The van der Waals surface area contributed by atoms with Gasteiger partial charge in [-0.15, -0.1) is 0 Å². The van der Waals surface area contributed by atoms with E-state index in [1.54, 1.807) is 43.5 Å². The van der Waals surface area contributed by atoms with Gasteiger partial charge in [0.1, 0.15) is 5.75 Å². The minimum Gasteiger partial charge on any atom is -0.497 e. The number of anilines is 2. The van der Waals surface area contributed by atoms with Gasteiger partial charge in [-0.05, 0) is 63.5 Å². The topological polar surface area (TPSA) is 73.9 Å². The first-order valence-corrected chi connectivity index (χ1v) is 9.51. The van der Waals surface area contributed by atoms with Crippen LogP contribution in [-0.2, 0) is 0 Å². The molecule has 2 amide bonds. The van der Waals surface area contributed by atoms with Gasteiger partial charge in [0.2, 0.25) is 0 Å². The molecule has 0 radical (unpaired) electrons. The van der Waals surface area contributed by atoms with Gasteiger partial charge in [-0.25, -0.2) is 0 Å². The predicted octanol–water partition coefficient (Wildman–Crippen LogP) is 2.70. The summed E-state index contributed by atoms with van der Waals surface area (Å²) in [7, 11) is 9.32. The number of methoxy groups -OCH3 is 1. The highest BCUT2D eigenvalue weighted by Gasteiger charge is 2.15. The monoisotopic (exact) mass is 398 g/mol. The van der Waals surface area contributed by atoms with Gasteiger partial charge < -0.3 is 25.2 Å². The van der Waals surface area contributed by atoms with Crippen LogP contribution in [0, 0.1) is 0 Å². The molecule has 7 heteroatoms. The van der Waals surface area contributed by atoms with Gasteiger partial charge in [0, 0.05) is 37.6 Å². The van der Waals surface area contributed by atoms with Crippen molar-refractivity contribution in [3.8, 4) is 5.75 Å². The van der Waals surface area contributed by atoms with Gasteiger partial charge in [-0.3, -0.25) is 9.59 Å². The lowest BCUT2D eigenvalue weighted by molar-refractivity contribution is 0.0951. The van der Waals surface area contributed by atoms with Crippen LogP contribution in [0.4, 0.5) is 11.4 Å². The van der Waals surface area contributed by atoms with Crippen LogP contribution in [-0.4, -0.2) is 65.1 Å².